The van der Waals surface area contributed by atoms with Gasteiger partial charge in [-0.1, -0.05) is 13.8 Å². The van der Waals surface area contributed by atoms with E-state index in [4.69, 9.17) is 4.74 Å². The van der Waals surface area contributed by atoms with Crippen LogP contribution in [0.25, 0.3) is 0 Å². The van der Waals surface area contributed by atoms with Gasteiger partial charge in [-0.05, 0) is 24.7 Å². The summed E-state index contributed by atoms with van der Waals surface area (Å²) in [5, 5.41) is 10.00. The van der Waals surface area contributed by atoms with Crippen molar-refractivity contribution in [2.75, 3.05) is 0 Å². The molecule has 4 heteroatoms. The highest BCUT2D eigenvalue weighted by molar-refractivity contribution is 5.24. The number of hydrogen-bond acceptors (Lipinski definition) is 2. The molecule has 0 radical (unpaired) electrons. The molecule has 100 valence electrons. The summed E-state index contributed by atoms with van der Waals surface area (Å²) >= 11 is 0. The van der Waals surface area contributed by atoms with E-state index in [2.05, 4.69) is 6.92 Å². The largest absolute Gasteiger partial charge is 0.487 e. The molecule has 4 atom stereocenters. The first kappa shape index (κ1) is 13.3. The minimum Gasteiger partial charge on any atom is -0.487 e. The van der Waals surface area contributed by atoms with Gasteiger partial charge in [-0.25, -0.2) is 8.78 Å². The molecule has 1 aromatic carbocycles. The van der Waals surface area contributed by atoms with Crippen molar-refractivity contribution in [3.8, 4) is 5.75 Å². The van der Waals surface area contributed by atoms with E-state index in [1.54, 1.807) is 0 Å². The lowest BCUT2D eigenvalue weighted by molar-refractivity contribution is -0.0390. The minimum atomic E-state index is -0.670. The number of aliphatic hydroxyl groups excluding tert-OH is 1. The smallest absolute Gasteiger partial charge is 0.129 e. The van der Waals surface area contributed by atoms with Crippen LogP contribution in [0.15, 0.2) is 18.2 Å². The molecule has 1 aliphatic carbocycles. The molecule has 1 aromatic rings. The maximum atomic E-state index is 13.1. The van der Waals surface area contributed by atoms with Crippen LogP contribution in [-0.4, -0.2) is 17.3 Å². The van der Waals surface area contributed by atoms with Crippen molar-refractivity contribution in [2.45, 2.75) is 38.9 Å². The van der Waals surface area contributed by atoms with Crippen molar-refractivity contribution in [3.63, 3.8) is 0 Å². The minimum absolute atomic E-state index is 0.137. The fraction of sp³-hybridized carbons (Fsp3) is 0.571. The van der Waals surface area contributed by atoms with Crippen molar-refractivity contribution in [2.24, 2.45) is 11.8 Å². The monoisotopic (exact) mass is 256 g/mol. The van der Waals surface area contributed by atoms with Gasteiger partial charge < -0.3 is 9.84 Å². The lowest BCUT2D eigenvalue weighted by Crippen LogP contribution is -2.43. The molecule has 0 amide bonds. The standard InChI is InChI=1S/C14H18F2O2/c1-8-3-9(2)14(13(17)4-8)18-12-6-10(15)5-11(16)7-12/h5-9,13-14,17H,3-4H2,1-2H3. The van der Waals surface area contributed by atoms with Gasteiger partial charge in [-0.3, -0.25) is 0 Å². The lowest BCUT2D eigenvalue weighted by Gasteiger charge is -2.36. The van der Waals surface area contributed by atoms with Gasteiger partial charge >= 0.3 is 0 Å². The number of halogens is 2. The van der Waals surface area contributed by atoms with Crippen LogP contribution in [0.2, 0.25) is 0 Å². The van der Waals surface area contributed by atoms with Gasteiger partial charge in [0.2, 0.25) is 0 Å². The second kappa shape index (κ2) is 5.22. The van der Waals surface area contributed by atoms with E-state index in [9.17, 15) is 13.9 Å². The van der Waals surface area contributed by atoms with E-state index < -0.39 is 23.8 Å². The van der Waals surface area contributed by atoms with E-state index in [0.29, 0.717) is 12.3 Å². The highest BCUT2D eigenvalue weighted by Gasteiger charge is 2.34. The Kier molecular flexibility index (Phi) is 3.85. The molecule has 18 heavy (non-hydrogen) atoms. The van der Waals surface area contributed by atoms with Gasteiger partial charge in [0, 0.05) is 18.2 Å². The molecule has 0 heterocycles. The van der Waals surface area contributed by atoms with Crippen LogP contribution in [0.1, 0.15) is 26.7 Å². The Morgan fingerprint density at radius 1 is 1.11 bits per heavy atom. The average Bonchev–Trinajstić information content (AvgIpc) is 2.22. The zero-order valence-electron chi connectivity index (χ0n) is 10.6. The summed E-state index contributed by atoms with van der Waals surface area (Å²) in [5.74, 6) is -0.597. The first-order chi connectivity index (χ1) is 8.45. The first-order valence-corrected chi connectivity index (χ1v) is 6.26. The molecule has 0 saturated heterocycles. The molecular weight excluding hydrogens is 238 g/mol. The zero-order valence-corrected chi connectivity index (χ0v) is 10.6. The van der Waals surface area contributed by atoms with E-state index in [1.807, 2.05) is 6.92 Å². The van der Waals surface area contributed by atoms with Crippen LogP contribution in [0.4, 0.5) is 8.78 Å². The molecule has 1 aliphatic rings. The molecule has 2 nitrogen and oxygen atoms in total. The van der Waals surface area contributed by atoms with Crippen LogP contribution >= 0.6 is 0 Å². The van der Waals surface area contributed by atoms with Gasteiger partial charge in [0.25, 0.3) is 0 Å². The van der Waals surface area contributed by atoms with Gasteiger partial charge in [0.15, 0.2) is 0 Å². The molecule has 0 bridgehead atoms. The third kappa shape index (κ3) is 2.99. The highest BCUT2D eigenvalue weighted by atomic mass is 19.1. The summed E-state index contributed by atoms with van der Waals surface area (Å²) in [4.78, 5) is 0. The van der Waals surface area contributed by atoms with Crippen molar-refractivity contribution in [1.82, 2.24) is 0 Å². The predicted octanol–water partition coefficient (Wildman–Crippen LogP) is 3.14. The van der Waals surface area contributed by atoms with Gasteiger partial charge in [0.05, 0.1) is 6.10 Å². The number of benzene rings is 1. The van der Waals surface area contributed by atoms with Crippen molar-refractivity contribution in [3.05, 3.63) is 29.8 Å². The lowest BCUT2D eigenvalue weighted by atomic mass is 9.79. The zero-order chi connectivity index (χ0) is 13.3. The third-order valence-corrected chi connectivity index (χ3v) is 3.47. The van der Waals surface area contributed by atoms with Crippen molar-refractivity contribution in [1.29, 1.82) is 0 Å². The molecule has 0 spiro atoms. The van der Waals surface area contributed by atoms with E-state index in [0.717, 1.165) is 24.6 Å². The third-order valence-electron chi connectivity index (χ3n) is 3.47. The van der Waals surface area contributed by atoms with E-state index >= 15 is 0 Å². The molecule has 4 unspecified atom stereocenters. The van der Waals surface area contributed by atoms with Crippen molar-refractivity contribution >= 4 is 0 Å². The van der Waals surface area contributed by atoms with Crippen LogP contribution in [-0.2, 0) is 0 Å². The Bertz CT molecular complexity index is 390. The van der Waals surface area contributed by atoms with E-state index in [-0.39, 0.29) is 11.7 Å². The van der Waals surface area contributed by atoms with Crippen LogP contribution < -0.4 is 4.74 Å². The Hall–Kier alpha value is -1.16. The fourth-order valence-corrected chi connectivity index (χ4v) is 2.74. The molecule has 1 fully saturated rings. The fourth-order valence-electron chi connectivity index (χ4n) is 2.74. The molecular formula is C14H18F2O2. The quantitative estimate of drug-likeness (QED) is 0.880. The number of ether oxygens (including phenoxy) is 1. The summed E-state index contributed by atoms with van der Waals surface area (Å²) in [7, 11) is 0. The van der Waals surface area contributed by atoms with Gasteiger partial charge in [-0.2, -0.15) is 0 Å². The summed E-state index contributed by atoms with van der Waals surface area (Å²) in [6, 6.07) is 3.08. The van der Waals surface area contributed by atoms with Gasteiger partial charge in [0.1, 0.15) is 23.5 Å². The summed E-state index contributed by atoms with van der Waals surface area (Å²) in [5.41, 5.74) is 0. The Morgan fingerprint density at radius 3 is 2.28 bits per heavy atom. The number of rotatable bonds is 2. The number of aliphatic hydroxyl groups is 1. The summed E-state index contributed by atoms with van der Waals surface area (Å²) < 4.78 is 31.7. The first-order valence-electron chi connectivity index (χ1n) is 6.26. The van der Waals surface area contributed by atoms with Gasteiger partial charge in [-0.15, -0.1) is 0 Å². The maximum Gasteiger partial charge on any atom is 0.129 e. The molecule has 0 aliphatic heterocycles. The topological polar surface area (TPSA) is 29.5 Å². The average molecular weight is 256 g/mol. The maximum absolute atomic E-state index is 13.1. The Labute approximate surface area is 106 Å². The Balaban J connectivity index is 2.12. The van der Waals surface area contributed by atoms with Crippen LogP contribution in [0, 0.1) is 23.5 Å². The number of hydrogen-bond donors (Lipinski definition) is 1. The van der Waals surface area contributed by atoms with E-state index in [1.165, 1.54) is 0 Å². The second-order valence-corrected chi connectivity index (χ2v) is 5.31. The molecule has 1 N–H and O–H groups in total. The molecule has 0 aromatic heterocycles. The summed E-state index contributed by atoms with van der Waals surface area (Å²) in [6.45, 7) is 4.07. The predicted molar refractivity (Wildman–Crippen MR) is 64.3 cm³/mol. The SMILES string of the molecule is CC1CC(C)C(Oc2cc(F)cc(F)c2)C(O)C1. The second-order valence-electron chi connectivity index (χ2n) is 5.31. The van der Waals surface area contributed by atoms with Crippen molar-refractivity contribution < 1.29 is 18.6 Å². The normalized spacial score (nSPS) is 32.3. The molecule has 1 saturated carbocycles. The van der Waals surface area contributed by atoms with Crippen LogP contribution in [0.3, 0.4) is 0 Å². The molecule has 2 rings (SSSR count). The summed E-state index contributed by atoms with van der Waals surface area (Å²) in [6.07, 6.45) is 0.615. The highest BCUT2D eigenvalue weighted by Crippen LogP contribution is 2.32. The van der Waals surface area contributed by atoms with Crippen LogP contribution in [0.5, 0.6) is 5.75 Å². The Morgan fingerprint density at radius 2 is 1.72 bits per heavy atom.